The fourth-order valence-electron chi connectivity index (χ4n) is 1.82. The molecule has 1 aromatic carbocycles. The second-order valence-electron chi connectivity index (χ2n) is 5.17. The van der Waals surface area contributed by atoms with Crippen LogP contribution in [-0.2, 0) is 0 Å². The lowest BCUT2D eigenvalue weighted by Crippen LogP contribution is -2.24. The first-order valence-corrected chi connectivity index (χ1v) is 9.00. The molecule has 0 spiro atoms. The summed E-state index contributed by atoms with van der Waals surface area (Å²) in [6.07, 6.45) is 0. The van der Waals surface area contributed by atoms with Gasteiger partial charge in [-0.2, -0.15) is 0 Å². The number of benzene rings is 1. The van der Waals surface area contributed by atoms with Crippen LogP contribution in [0.15, 0.2) is 24.3 Å². The molecule has 0 aliphatic heterocycles. The standard InChI is InChI=1S/C12H19FOSi/c1-15(2,3)9-10(8-14)11-6-4-5-7-12(11)13/h4-7,10,14H,8-9H2,1-3H3. The van der Waals surface area contributed by atoms with Gasteiger partial charge in [-0.05, 0) is 17.7 Å². The molecule has 1 unspecified atom stereocenters. The first-order valence-electron chi connectivity index (χ1n) is 5.29. The van der Waals surface area contributed by atoms with Crippen molar-refractivity contribution < 1.29 is 9.50 Å². The van der Waals surface area contributed by atoms with Crippen molar-refractivity contribution in [2.75, 3.05) is 6.61 Å². The molecule has 0 saturated heterocycles. The van der Waals surface area contributed by atoms with E-state index in [1.807, 2.05) is 6.07 Å². The third kappa shape index (κ3) is 3.76. The highest BCUT2D eigenvalue weighted by Gasteiger charge is 2.22. The normalized spacial score (nSPS) is 13.9. The monoisotopic (exact) mass is 226 g/mol. The van der Waals surface area contributed by atoms with E-state index >= 15 is 0 Å². The van der Waals surface area contributed by atoms with Gasteiger partial charge >= 0.3 is 0 Å². The fourth-order valence-corrected chi connectivity index (χ4v) is 3.65. The molecule has 0 heterocycles. The maximum absolute atomic E-state index is 13.5. The van der Waals surface area contributed by atoms with Crippen molar-refractivity contribution in [3.63, 3.8) is 0 Å². The zero-order chi connectivity index (χ0) is 11.5. The van der Waals surface area contributed by atoms with Crippen molar-refractivity contribution in [2.24, 2.45) is 0 Å². The van der Waals surface area contributed by atoms with Gasteiger partial charge in [0.25, 0.3) is 0 Å². The van der Waals surface area contributed by atoms with Gasteiger partial charge in [-0.25, -0.2) is 4.39 Å². The zero-order valence-electron chi connectivity index (χ0n) is 9.63. The Hall–Kier alpha value is -0.673. The summed E-state index contributed by atoms with van der Waals surface area (Å²) in [4.78, 5) is 0. The highest BCUT2D eigenvalue weighted by atomic mass is 28.3. The molecule has 84 valence electrons. The van der Waals surface area contributed by atoms with Crippen LogP contribution in [0.3, 0.4) is 0 Å². The van der Waals surface area contributed by atoms with Crippen molar-refractivity contribution >= 4 is 8.07 Å². The van der Waals surface area contributed by atoms with E-state index in [0.717, 1.165) is 6.04 Å². The molecule has 0 bridgehead atoms. The summed E-state index contributed by atoms with van der Waals surface area (Å²) < 4.78 is 13.5. The molecule has 0 aliphatic rings. The minimum Gasteiger partial charge on any atom is -0.396 e. The van der Waals surface area contributed by atoms with E-state index in [1.165, 1.54) is 6.07 Å². The molecule has 0 amide bonds. The van der Waals surface area contributed by atoms with Gasteiger partial charge in [0.2, 0.25) is 0 Å². The molecule has 1 atom stereocenters. The summed E-state index contributed by atoms with van der Waals surface area (Å²) in [6, 6.07) is 7.66. The molecule has 0 aromatic heterocycles. The summed E-state index contributed by atoms with van der Waals surface area (Å²) in [7, 11) is -1.27. The number of halogens is 1. The Morgan fingerprint density at radius 1 is 1.27 bits per heavy atom. The maximum Gasteiger partial charge on any atom is 0.126 e. The molecule has 3 heteroatoms. The molecule has 1 N–H and O–H groups in total. The van der Waals surface area contributed by atoms with Crippen LogP contribution >= 0.6 is 0 Å². The number of aliphatic hydroxyl groups is 1. The van der Waals surface area contributed by atoms with Gasteiger partial charge in [-0.15, -0.1) is 0 Å². The predicted molar refractivity (Wildman–Crippen MR) is 64.4 cm³/mol. The molecule has 0 saturated carbocycles. The lowest BCUT2D eigenvalue weighted by Gasteiger charge is -2.23. The van der Waals surface area contributed by atoms with E-state index in [-0.39, 0.29) is 18.3 Å². The van der Waals surface area contributed by atoms with Gasteiger partial charge in [0.05, 0.1) is 0 Å². The van der Waals surface area contributed by atoms with Crippen LogP contribution in [0.1, 0.15) is 11.5 Å². The van der Waals surface area contributed by atoms with Crippen molar-refractivity contribution in [1.29, 1.82) is 0 Å². The third-order valence-corrected chi connectivity index (χ3v) is 4.14. The maximum atomic E-state index is 13.5. The Morgan fingerprint density at radius 2 is 1.87 bits per heavy atom. The average Bonchev–Trinajstić information content (AvgIpc) is 2.14. The number of rotatable bonds is 4. The van der Waals surface area contributed by atoms with Crippen LogP contribution in [0.4, 0.5) is 4.39 Å². The van der Waals surface area contributed by atoms with Gasteiger partial charge in [0.1, 0.15) is 5.82 Å². The van der Waals surface area contributed by atoms with Gasteiger partial charge < -0.3 is 5.11 Å². The number of hydrogen-bond acceptors (Lipinski definition) is 1. The Morgan fingerprint density at radius 3 is 2.33 bits per heavy atom. The second-order valence-corrected chi connectivity index (χ2v) is 10.7. The fraction of sp³-hybridized carbons (Fsp3) is 0.500. The van der Waals surface area contributed by atoms with E-state index in [9.17, 15) is 9.50 Å². The number of hydrogen-bond donors (Lipinski definition) is 1. The van der Waals surface area contributed by atoms with Crippen LogP contribution in [0.5, 0.6) is 0 Å². The molecular weight excluding hydrogens is 207 g/mol. The van der Waals surface area contributed by atoms with Crippen LogP contribution in [0.25, 0.3) is 0 Å². The van der Waals surface area contributed by atoms with Gasteiger partial charge in [0.15, 0.2) is 0 Å². The topological polar surface area (TPSA) is 20.2 Å². The van der Waals surface area contributed by atoms with E-state index in [4.69, 9.17) is 0 Å². The lowest BCUT2D eigenvalue weighted by atomic mass is 10.0. The SMILES string of the molecule is C[Si](C)(C)CC(CO)c1ccccc1F. The molecule has 1 nitrogen and oxygen atoms in total. The Labute approximate surface area is 92.0 Å². The van der Waals surface area contributed by atoms with Crippen LogP contribution < -0.4 is 0 Å². The Bertz CT molecular complexity index is 320. The van der Waals surface area contributed by atoms with Crippen LogP contribution in [0, 0.1) is 5.82 Å². The van der Waals surface area contributed by atoms with E-state index in [1.54, 1.807) is 12.1 Å². The first kappa shape index (κ1) is 12.4. The number of aliphatic hydroxyl groups excluding tert-OH is 1. The highest BCUT2D eigenvalue weighted by Crippen LogP contribution is 2.27. The minimum absolute atomic E-state index is 0.0329. The minimum atomic E-state index is -1.27. The quantitative estimate of drug-likeness (QED) is 0.781. The first-order chi connectivity index (χ1) is 6.94. The molecule has 1 aromatic rings. The van der Waals surface area contributed by atoms with Gasteiger partial charge in [-0.3, -0.25) is 0 Å². The van der Waals surface area contributed by atoms with E-state index < -0.39 is 8.07 Å². The smallest absolute Gasteiger partial charge is 0.126 e. The van der Waals surface area contributed by atoms with Crippen LogP contribution in [0.2, 0.25) is 25.7 Å². The van der Waals surface area contributed by atoms with Crippen molar-refractivity contribution in [2.45, 2.75) is 31.6 Å². The van der Waals surface area contributed by atoms with Gasteiger partial charge in [-0.1, -0.05) is 37.8 Å². The zero-order valence-corrected chi connectivity index (χ0v) is 10.6. The summed E-state index contributed by atoms with van der Waals surface area (Å²) in [6.45, 7) is 6.73. The molecule has 0 fully saturated rings. The predicted octanol–water partition coefficient (Wildman–Crippen LogP) is 3.24. The Balaban J connectivity index is 2.88. The molecule has 0 aliphatic carbocycles. The lowest BCUT2D eigenvalue weighted by molar-refractivity contribution is 0.269. The summed E-state index contributed by atoms with van der Waals surface area (Å²) >= 11 is 0. The highest BCUT2D eigenvalue weighted by molar-refractivity contribution is 6.76. The van der Waals surface area contributed by atoms with Gasteiger partial charge in [0, 0.05) is 20.6 Å². The van der Waals surface area contributed by atoms with Crippen molar-refractivity contribution in [1.82, 2.24) is 0 Å². The summed E-state index contributed by atoms with van der Waals surface area (Å²) in [5.74, 6) is -0.243. The molecule has 15 heavy (non-hydrogen) atoms. The average molecular weight is 226 g/mol. The Kier molecular flexibility index (Phi) is 4.05. The molecule has 1 rings (SSSR count). The van der Waals surface area contributed by atoms with Crippen LogP contribution in [-0.4, -0.2) is 19.8 Å². The second kappa shape index (κ2) is 4.90. The third-order valence-electron chi connectivity index (χ3n) is 2.42. The summed E-state index contributed by atoms with van der Waals surface area (Å²) in [5.41, 5.74) is 0.655. The van der Waals surface area contributed by atoms with Crippen molar-refractivity contribution in [3.05, 3.63) is 35.6 Å². The molecule has 0 radical (unpaired) electrons. The van der Waals surface area contributed by atoms with Crippen molar-refractivity contribution in [3.8, 4) is 0 Å². The summed E-state index contributed by atoms with van der Waals surface area (Å²) in [5, 5.41) is 9.32. The largest absolute Gasteiger partial charge is 0.396 e. The molecular formula is C12H19FOSi. The van der Waals surface area contributed by atoms with E-state index in [2.05, 4.69) is 19.6 Å². The van der Waals surface area contributed by atoms with E-state index in [0.29, 0.717) is 5.56 Å².